The number of nitrogens with one attached hydrogen (secondary N) is 1. The molecule has 0 saturated carbocycles. The van der Waals surface area contributed by atoms with Crippen LogP contribution in [0.25, 0.3) is 0 Å². The van der Waals surface area contributed by atoms with Crippen LogP contribution in [-0.4, -0.2) is 6.54 Å². The number of benzene rings is 1. The van der Waals surface area contributed by atoms with Crippen LogP contribution >= 0.6 is 0 Å². The Bertz CT molecular complexity index is 405. The van der Waals surface area contributed by atoms with Crippen molar-refractivity contribution >= 4 is 0 Å². The first-order chi connectivity index (χ1) is 7.62. The molecule has 1 heteroatoms. The summed E-state index contributed by atoms with van der Waals surface area (Å²) in [7, 11) is 0. The van der Waals surface area contributed by atoms with Crippen molar-refractivity contribution in [2.24, 2.45) is 0 Å². The van der Waals surface area contributed by atoms with Gasteiger partial charge < -0.3 is 5.32 Å². The van der Waals surface area contributed by atoms with E-state index >= 15 is 0 Å². The predicted octanol–water partition coefficient (Wildman–Crippen LogP) is 3.40. The third-order valence-electron chi connectivity index (χ3n) is 3.16. The van der Waals surface area contributed by atoms with Crippen LogP contribution in [0, 0.1) is 0 Å². The van der Waals surface area contributed by atoms with Gasteiger partial charge in [0.25, 0.3) is 0 Å². The predicted molar refractivity (Wildman–Crippen MR) is 69.3 cm³/mol. The van der Waals surface area contributed by atoms with Gasteiger partial charge in [0.15, 0.2) is 0 Å². The fourth-order valence-corrected chi connectivity index (χ4v) is 2.55. The quantitative estimate of drug-likeness (QED) is 0.759. The lowest BCUT2D eigenvalue weighted by Crippen LogP contribution is -2.36. The second-order valence-electron chi connectivity index (χ2n) is 4.86. The minimum absolute atomic E-state index is 0.0319. The summed E-state index contributed by atoms with van der Waals surface area (Å²) < 4.78 is 0. The van der Waals surface area contributed by atoms with Gasteiger partial charge in [-0.15, -0.1) is 6.58 Å². The lowest BCUT2D eigenvalue weighted by atomic mass is 9.82. The molecule has 0 bridgehead atoms. The molecule has 2 rings (SSSR count). The Hall–Kier alpha value is -1.34. The van der Waals surface area contributed by atoms with E-state index in [0.717, 1.165) is 19.4 Å². The first kappa shape index (κ1) is 11.2. The van der Waals surface area contributed by atoms with Gasteiger partial charge in [-0.1, -0.05) is 48.1 Å². The van der Waals surface area contributed by atoms with Crippen molar-refractivity contribution in [3.8, 4) is 0 Å². The SMILES string of the molecule is C=C(C)CC1(c2ccccc2)CC(=C)CN1. The molecular weight excluding hydrogens is 194 g/mol. The van der Waals surface area contributed by atoms with E-state index in [4.69, 9.17) is 0 Å². The van der Waals surface area contributed by atoms with Gasteiger partial charge in [0.05, 0.1) is 5.54 Å². The maximum Gasteiger partial charge on any atom is 0.0512 e. The van der Waals surface area contributed by atoms with E-state index in [2.05, 4.69) is 55.7 Å². The molecule has 16 heavy (non-hydrogen) atoms. The summed E-state index contributed by atoms with van der Waals surface area (Å²) in [4.78, 5) is 0. The van der Waals surface area contributed by atoms with Gasteiger partial charge in [-0.05, 0) is 25.3 Å². The molecule has 1 fully saturated rings. The first-order valence-corrected chi connectivity index (χ1v) is 5.74. The molecule has 1 atom stereocenters. The summed E-state index contributed by atoms with van der Waals surface area (Å²) in [5.41, 5.74) is 3.87. The number of hydrogen-bond acceptors (Lipinski definition) is 1. The zero-order chi connectivity index (χ0) is 11.6. The van der Waals surface area contributed by atoms with E-state index < -0.39 is 0 Å². The highest BCUT2D eigenvalue weighted by molar-refractivity contribution is 5.32. The maximum absolute atomic E-state index is 4.09. The molecule has 1 N–H and O–H groups in total. The average Bonchev–Trinajstić information content (AvgIpc) is 2.62. The van der Waals surface area contributed by atoms with Crippen molar-refractivity contribution in [3.63, 3.8) is 0 Å². The number of rotatable bonds is 3. The minimum atomic E-state index is 0.0319. The Morgan fingerprint density at radius 1 is 1.38 bits per heavy atom. The van der Waals surface area contributed by atoms with Gasteiger partial charge >= 0.3 is 0 Å². The van der Waals surface area contributed by atoms with Gasteiger partial charge in [-0.3, -0.25) is 0 Å². The molecule has 1 aromatic carbocycles. The summed E-state index contributed by atoms with van der Waals surface area (Å²) in [6.45, 7) is 11.1. The van der Waals surface area contributed by atoms with E-state index in [1.807, 2.05) is 0 Å². The molecule has 0 radical (unpaired) electrons. The fourth-order valence-electron chi connectivity index (χ4n) is 2.55. The summed E-state index contributed by atoms with van der Waals surface area (Å²) in [5, 5.41) is 3.61. The second kappa shape index (κ2) is 4.26. The van der Waals surface area contributed by atoms with Gasteiger partial charge in [-0.2, -0.15) is 0 Å². The highest BCUT2D eigenvalue weighted by Crippen LogP contribution is 2.37. The van der Waals surface area contributed by atoms with Crippen LogP contribution in [0.1, 0.15) is 25.3 Å². The van der Waals surface area contributed by atoms with Crippen molar-refractivity contribution in [2.75, 3.05) is 6.54 Å². The van der Waals surface area contributed by atoms with Crippen LogP contribution in [0.3, 0.4) is 0 Å². The fraction of sp³-hybridized carbons (Fsp3) is 0.333. The topological polar surface area (TPSA) is 12.0 Å². The van der Waals surface area contributed by atoms with Gasteiger partial charge in [0.2, 0.25) is 0 Å². The van der Waals surface area contributed by atoms with E-state index in [1.165, 1.54) is 16.7 Å². The van der Waals surface area contributed by atoms with E-state index in [9.17, 15) is 0 Å². The zero-order valence-electron chi connectivity index (χ0n) is 9.92. The van der Waals surface area contributed by atoms with E-state index in [-0.39, 0.29) is 5.54 Å². The van der Waals surface area contributed by atoms with Crippen LogP contribution < -0.4 is 5.32 Å². The van der Waals surface area contributed by atoms with Crippen LogP contribution in [0.2, 0.25) is 0 Å². The van der Waals surface area contributed by atoms with Crippen molar-refractivity contribution in [1.82, 2.24) is 5.32 Å². The lowest BCUT2D eigenvalue weighted by Gasteiger charge is -2.30. The molecule has 0 aliphatic carbocycles. The van der Waals surface area contributed by atoms with Crippen molar-refractivity contribution in [1.29, 1.82) is 0 Å². The Morgan fingerprint density at radius 2 is 2.06 bits per heavy atom. The van der Waals surface area contributed by atoms with Crippen LogP contribution in [0.5, 0.6) is 0 Å². The smallest absolute Gasteiger partial charge is 0.0512 e. The van der Waals surface area contributed by atoms with E-state index in [0.29, 0.717) is 0 Å². The lowest BCUT2D eigenvalue weighted by molar-refractivity contribution is 0.391. The molecular formula is C15H19N. The van der Waals surface area contributed by atoms with Crippen molar-refractivity contribution < 1.29 is 0 Å². The van der Waals surface area contributed by atoms with Crippen LogP contribution in [-0.2, 0) is 5.54 Å². The third kappa shape index (κ3) is 2.10. The molecule has 0 spiro atoms. The Kier molecular flexibility index (Phi) is 2.97. The normalized spacial score (nSPS) is 24.7. The van der Waals surface area contributed by atoms with Gasteiger partial charge in [0, 0.05) is 6.54 Å². The molecule has 1 aliphatic heterocycles. The monoisotopic (exact) mass is 213 g/mol. The Balaban J connectivity index is 2.35. The molecule has 1 aromatic rings. The Labute approximate surface area is 97.9 Å². The van der Waals surface area contributed by atoms with Crippen LogP contribution in [0.4, 0.5) is 0 Å². The average molecular weight is 213 g/mol. The molecule has 1 aliphatic rings. The molecule has 0 aromatic heterocycles. The number of hydrogen-bond donors (Lipinski definition) is 1. The summed E-state index contributed by atoms with van der Waals surface area (Å²) in [6.07, 6.45) is 2.00. The molecule has 1 saturated heterocycles. The second-order valence-corrected chi connectivity index (χ2v) is 4.86. The summed E-state index contributed by atoms with van der Waals surface area (Å²) >= 11 is 0. The van der Waals surface area contributed by atoms with Gasteiger partial charge in [-0.25, -0.2) is 0 Å². The summed E-state index contributed by atoms with van der Waals surface area (Å²) in [5.74, 6) is 0. The molecule has 1 nitrogen and oxygen atoms in total. The van der Waals surface area contributed by atoms with Gasteiger partial charge in [0.1, 0.15) is 0 Å². The molecule has 1 unspecified atom stereocenters. The standard InChI is InChI=1S/C15H19N/c1-12(2)9-15(10-13(3)11-16-15)14-7-5-4-6-8-14/h4-8,16H,1,3,9-11H2,2H3. The molecule has 1 heterocycles. The van der Waals surface area contributed by atoms with Crippen LogP contribution in [0.15, 0.2) is 54.6 Å². The first-order valence-electron chi connectivity index (χ1n) is 5.74. The highest BCUT2D eigenvalue weighted by atomic mass is 15.0. The third-order valence-corrected chi connectivity index (χ3v) is 3.16. The maximum atomic E-state index is 4.09. The van der Waals surface area contributed by atoms with Crippen molar-refractivity contribution in [3.05, 3.63) is 60.2 Å². The minimum Gasteiger partial charge on any atom is -0.303 e. The van der Waals surface area contributed by atoms with Crippen molar-refractivity contribution in [2.45, 2.75) is 25.3 Å². The summed E-state index contributed by atoms with van der Waals surface area (Å²) in [6, 6.07) is 10.6. The molecule has 84 valence electrons. The van der Waals surface area contributed by atoms with E-state index in [1.54, 1.807) is 0 Å². The zero-order valence-corrected chi connectivity index (χ0v) is 9.92. The largest absolute Gasteiger partial charge is 0.303 e. The molecule has 0 amide bonds. The Morgan fingerprint density at radius 3 is 2.56 bits per heavy atom. The highest BCUT2D eigenvalue weighted by Gasteiger charge is 2.36.